The molecule has 3 N–H and O–H groups in total. The summed E-state index contributed by atoms with van der Waals surface area (Å²) in [6.45, 7) is 2.35. The van der Waals surface area contributed by atoms with E-state index in [1.807, 2.05) is 37.3 Å². The summed E-state index contributed by atoms with van der Waals surface area (Å²) in [5.74, 6) is 0.204. The Labute approximate surface area is 148 Å². The number of anilines is 1. The number of hydrogen-bond acceptors (Lipinski definition) is 3. The van der Waals surface area contributed by atoms with Gasteiger partial charge in [0.25, 0.3) is 5.91 Å². The first-order chi connectivity index (χ1) is 11.1. The quantitative estimate of drug-likeness (QED) is 0.548. The number of ether oxygens (including phenoxy) is 1. The molecule has 0 heterocycles. The summed E-state index contributed by atoms with van der Waals surface area (Å²) >= 11 is 8.50. The van der Waals surface area contributed by atoms with Crippen molar-refractivity contribution < 1.29 is 9.53 Å². The standard InChI is InChI=1S/C16H16BrN3O2S/c1-2-22-14-6-4-3-5-13(14)15(21)19-20-16(23)18-12-9-7-11(17)8-10-12/h3-10H,2H2,1H3,(H,19,21)(H2,18,20,23). The molecule has 0 bridgehead atoms. The smallest absolute Gasteiger partial charge is 0.273 e. The van der Waals surface area contributed by atoms with E-state index in [-0.39, 0.29) is 11.0 Å². The highest BCUT2D eigenvalue weighted by Crippen LogP contribution is 2.17. The molecule has 0 aliphatic carbocycles. The number of rotatable bonds is 4. The molecule has 5 nitrogen and oxygen atoms in total. The molecule has 0 saturated heterocycles. The third-order valence-corrected chi connectivity index (χ3v) is 3.56. The van der Waals surface area contributed by atoms with Crippen LogP contribution in [0.15, 0.2) is 53.0 Å². The normalized spacial score (nSPS) is 9.83. The third-order valence-electron chi connectivity index (χ3n) is 2.82. The Morgan fingerprint density at radius 3 is 2.52 bits per heavy atom. The fourth-order valence-electron chi connectivity index (χ4n) is 1.81. The largest absolute Gasteiger partial charge is 0.493 e. The Balaban J connectivity index is 1.91. The van der Waals surface area contributed by atoms with Gasteiger partial charge in [-0.3, -0.25) is 15.6 Å². The number of nitrogens with one attached hydrogen (secondary N) is 3. The van der Waals surface area contributed by atoms with E-state index in [4.69, 9.17) is 17.0 Å². The molecule has 0 spiro atoms. The van der Waals surface area contributed by atoms with E-state index in [0.717, 1.165) is 10.2 Å². The van der Waals surface area contributed by atoms with Crippen LogP contribution in [-0.4, -0.2) is 17.6 Å². The molecular formula is C16H16BrN3O2S. The number of hydrazine groups is 1. The van der Waals surface area contributed by atoms with Gasteiger partial charge in [0.1, 0.15) is 5.75 Å². The molecule has 0 saturated carbocycles. The van der Waals surface area contributed by atoms with Gasteiger partial charge < -0.3 is 10.1 Å². The Bertz CT molecular complexity index is 692. The van der Waals surface area contributed by atoms with Crippen LogP contribution in [0.2, 0.25) is 0 Å². The number of benzene rings is 2. The number of thiocarbonyl (C=S) groups is 1. The number of carbonyl (C=O) groups excluding carboxylic acids is 1. The Morgan fingerprint density at radius 2 is 1.83 bits per heavy atom. The molecule has 0 fully saturated rings. The van der Waals surface area contributed by atoms with Gasteiger partial charge in [-0.15, -0.1) is 0 Å². The van der Waals surface area contributed by atoms with Gasteiger partial charge in [-0.25, -0.2) is 0 Å². The molecule has 0 aliphatic heterocycles. The first-order valence-electron chi connectivity index (χ1n) is 6.95. The van der Waals surface area contributed by atoms with Crippen molar-refractivity contribution in [2.75, 3.05) is 11.9 Å². The van der Waals surface area contributed by atoms with E-state index < -0.39 is 0 Å². The summed E-state index contributed by atoms with van der Waals surface area (Å²) in [5.41, 5.74) is 6.47. The zero-order valence-electron chi connectivity index (χ0n) is 12.4. The minimum atomic E-state index is -0.325. The minimum Gasteiger partial charge on any atom is -0.493 e. The summed E-state index contributed by atoms with van der Waals surface area (Å²) < 4.78 is 6.41. The second kappa shape index (κ2) is 8.50. The van der Waals surface area contributed by atoms with Crippen LogP contribution in [0, 0.1) is 0 Å². The van der Waals surface area contributed by atoms with Crippen molar-refractivity contribution in [3.63, 3.8) is 0 Å². The molecule has 2 rings (SSSR count). The van der Waals surface area contributed by atoms with Crippen LogP contribution in [0.4, 0.5) is 5.69 Å². The average Bonchev–Trinajstić information content (AvgIpc) is 2.56. The number of amides is 1. The lowest BCUT2D eigenvalue weighted by Crippen LogP contribution is -2.43. The van der Waals surface area contributed by atoms with Gasteiger partial charge >= 0.3 is 0 Å². The summed E-state index contributed by atoms with van der Waals surface area (Å²) in [5, 5.41) is 3.26. The topological polar surface area (TPSA) is 62.4 Å². The van der Waals surface area contributed by atoms with E-state index >= 15 is 0 Å². The van der Waals surface area contributed by atoms with Gasteiger partial charge in [-0.05, 0) is 55.5 Å². The number of halogens is 1. The van der Waals surface area contributed by atoms with Crippen LogP contribution >= 0.6 is 28.1 Å². The highest BCUT2D eigenvalue weighted by Gasteiger charge is 2.11. The molecule has 1 amide bonds. The van der Waals surface area contributed by atoms with Gasteiger partial charge in [-0.2, -0.15) is 0 Å². The van der Waals surface area contributed by atoms with Crippen LogP contribution < -0.4 is 20.9 Å². The fraction of sp³-hybridized carbons (Fsp3) is 0.125. The molecule has 2 aromatic rings. The van der Waals surface area contributed by atoms with Crippen LogP contribution in [0.1, 0.15) is 17.3 Å². The molecule has 23 heavy (non-hydrogen) atoms. The van der Waals surface area contributed by atoms with E-state index in [9.17, 15) is 4.79 Å². The minimum absolute atomic E-state index is 0.287. The Kier molecular flexibility index (Phi) is 6.37. The lowest BCUT2D eigenvalue weighted by molar-refractivity contribution is 0.0940. The molecular weight excluding hydrogens is 378 g/mol. The van der Waals surface area contributed by atoms with E-state index in [2.05, 4.69) is 32.1 Å². The molecule has 7 heteroatoms. The van der Waals surface area contributed by atoms with E-state index in [1.165, 1.54) is 0 Å². The van der Waals surface area contributed by atoms with Gasteiger partial charge in [0.2, 0.25) is 0 Å². The number of para-hydroxylation sites is 1. The number of hydrogen-bond donors (Lipinski definition) is 3. The molecule has 0 radical (unpaired) electrons. The van der Waals surface area contributed by atoms with Crippen molar-refractivity contribution >= 4 is 44.9 Å². The maximum Gasteiger partial charge on any atom is 0.273 e. The van der Waals surface area contributed by atoms with Gasteiger partial charge in [-0.1, -0.05) is 28.1 Å². The Morgan fingerprint density at radius 1 is 1.13 bits per heavy atom. The first kappa shape index (κ1) is 17.2. The molecule has 0 aliphatic rings. The third kappa shape index (κ3) is 5.22. The van der Waals surface area contributed by atoms with Crippen molar-refractivity contribution in [2.24, 2.45) is 0 Å². The molecule has 0 unspecified atom stereocenters. The monoisotopic (exact) mass is 393 g/mol. The van der Waals surface area contributed by atoms with Crippen molar-refractivity contribution in [1.82, 2.24) is 10.9 Å². The lowest BCUT2D eigenvalue weighted by Gasteiger charge is -2.13. The summed E-state index contributed by atoms with van der Waals surface area (Å²) in [7, 11) is 0. The van der Waals surface area contributed by atoms with Crippen LogP contribution in [0.5, 0.6) is 5.75 Å². The molecule has 120 valence electrons. The van der Waals surface area contributed by atoms with Gasteiger partial charge in [0, 0.05) is 10.2 Å². The van der Waals surface area contributed by atoms with Crippen LogP contribution in [-0.2, 0) is 0 Å². The van der Waals surface area contributed by atoms with Gasteiger partial charge in [0.15, 0.2) is 5.11 Å². The highest BCUT2D eigenvalue weighted by atomic mass is 79.9. The van der Waals surface area contributed by atoms with Crippen molar-refractivity contribution in [1.29, 1.82) is 0 Å². The zero-order chi connectivity index (χ0) is 16.7. The molecule has 0 aromatic heterocycles. The van der Waals surface area contributed by atoms with E-state index in [0.29, 0.717) is 17.9 Å². The Hall–Kier alpha value is -2.12. The van der Waals surface area contributed by atoms with Crippen molar-refractivity contribution in [2.45, 2.75) is 6.92 Å². The zero-order valence-corrected chi connectivity index (χ0v) is 14.8. The van der Waals surface area contributed by atoms with Crippen molar-refractivity contribution in [3.05, 3.63) is 58.6 Å². The fourth-order valence-corrected chi connectivity index (χ4v) is 2.25. The highest BCUT2D eigenvalue weighted by molar-refractivity contribution is 9.10. The summed E-state index contributed by atoms with van der Waals surface area (Å²) in [6, 6.07) is 14.5. The van der Waals surface area contributed by atoms with Crippen molar-refractivity contribution in [3.8, 4) is 5.75 Å². The molecule has 0 atom stereocenters. The molecule has 2 aromatic carbocycles. The number of carbonyl (C=O) groups is 1. The van der Waals surface area contributed by atoms with Crippen LogP contribution in [0.25, 0.3) is 0 Å². The summed E-state index contributed by atoms with van der Waals surface area (Å²) in [4.78, 5) is 12.2. The summed E-state index contributed by atoms with van der Waals surface area (Å²) in [6.07, 6.45) is 0. The maximum absolute atomic E-state index is 12.2. The SMILES string of the molecule is CCOc1ccccc1C(=O)NNC(=S)Nc1ccc(Br)cc1. The van der Waals surface area contributed by atoms with E-state index in [1.54, 1.807) is 18.2 Å². The maximum atomic E-state index is 12.2. The lowest BCUT2D eigenvalue weighted by atomic mass is 10.2. The van der Waals surface area contributed by atoms with Crippen LogP contribution in [0.3, 0.4) is 0 Å². The first-order valence-corrected chi connectivity index (χ1v) is 8.15. The predicted octanol–water partition coefficient (Wildman–Crippen LogP) is 3.48. The average molecular weight is 394 g/mol. The van der Waals surface area contributed by atoms with Gasteiger partial charge in [0.05, 0.1) is 12.2 Å². The second-order valence-electron chi connectivity index (χ2n) is 4.47. The second-order valence-corrected chi connectivity index (χ2v) is 5.79. The predicted molar refractivity (Wildman–Crippen MR) is 98.6 cm³/mol.